The van der Waals surface area contributed by atoms with Gasteiger partial charge in [0.05, 0.1) is 30.9 Å². The van der Waals surface area contributed by atoms with Crippen molar-refractivity contribution < 1.29 is 24.2 Å². The molecule has 0 bridgehead atoms. The van der Waals surface area contributed by atoms with Gasteiger partial charge in [0.1, 0.15) is 0 Å². The Morgan fingerprint density at radius 1 is 1.39 bits per heavy atom. The number of likely N-dealkylation sites (tertiary alicyclic amines) is 1. The highest BCUT2D eigenvalue weighted by Crippen LogP contribution is 2.59. The Morgan fingerprint density at radius 2 is 2.10 bits per heavy atom. The van der Waals surface area contributed by atoms with Gasteiger partial charge in [-0.15, -0.1) is 0 Å². The monoisotopic (exact) mass is 558 g/mol. The summed E-state index contributed by atoms with van der Waals surface area (Å²) in [6, 6.07) is 5.74. The van der Waals surface area contributed by atoms with Gasteiger partial charge in [0.15, 0.2) is 13.9 Å². The number of rotatable bonds is 4. The van der Waals surface area contributed by atoms with Crippen molar-refractivity contribution in [2.75, 3.05) is 25.1 Å². The number of benzene rings is 1. The molecule has 0 radical (unpaired) electrons. The first-order valence-electron chi connectivity index (χ1n) is 10.9. The van der Waals surface area contributed by atoms with Crippen molar-refractivity contribution in [3.8, 4) is 0 Å². The predicted octanol–water partition coefficient (Wildman–Crippen LogP) is 2.44. The third-order valence-electron chi connectivity index (χ3n) is 7.36. The third kappa shape index (κ3) is 3.56. The number of nitrogens with zero attached hydrogens (tertiary/aromatic N) is 2. The molecule has 1 aromatic rings. The van der Waals surface area contributed by atoms with Crippen LogP contribution < -0.4 is 4.90 Å². The fourth-order valence-electron chi connectivity index (χ4n) is 6.00. The van der Waals surface area contributed by atoms with Crippen LogP contribution in [0.15, 0.2) is 18.2 Å². The molecule has 9 heteroatoms. The van der Waals surface area contributed by atoms with Gasteiger partial charge < -0.3 is 24.4 Å². The van der Waals surface area contributed by atoms with Crippen LogP contribution >= 0.6 is 22.6 Å². The molecule has 3 heterocycles. The molecule has 2 saturated heterocycles. The number of anilines is 1. The van der Waals surface area contributed by atoms with Gasteiger partial charge in [0.2, 0.25) is 5.91 Å². The minimum absolute atomic E-state index is 0.0453. The number of fused-ring (bicyclic) bond motifs is 2. The Balaban J connectivity index is 1.73. The summed E-state index contributed by atoms with van der Waals surface area (Å²) < 4.78 is 7.60. The summed E-state index contributed by atoms with van der Waals surface area (Å²) in [4.78, 5) is 41.3. The van der Waals surface area contributed by atoms with Crippen molar-refractivity contribution in [3.63, 3.8) is 0 Å². The van der Waals surface area contributed by atoms with Crippen LogP contribution in [-0.4, -0.2) is 67.3 Å². The molecule has 2 N–H and O–H groups in total. The maximum absolute atomic E-state index is 13.6. The van der Waals surface area contributed by atoms with E-state index in [0.717, 1.165) is 27.7 Å². The summed E-state index contributed by atoms with van der Waals surface area (Å²) >= 11 is 2.23. The molecular formula is C22H31IN2O5Si. The van der Waals surface area contributed by atoms with Gasteiger partial charge in [-0.05, 0) is 66.7 Å². The summed E-state index contributed by atoms with van der Waals surface area (Å²) in [5.74, 6) is -0.473. The highest BCUT2D eigenvalue weighted by Gasteiger charge is 2.66. The topological polar surface area (TPSA) is 90.3 Å². The molecule has 0 aromatic heterocycles. The Bertz CT molecular complexity index is 906. The largest absolute Gasteiger partial charge is 0.432 e. The molecule has 3 aliphatic heterocycles. The smallest absolute Gasteiger partial charge is 0.264 e. The molecule has 5 atom stereocenters. The van der Waals surface area contributed by atoms with Crippen molar-refractivity contribution in [2.45, 2.75) is 62.6 Å². The first kappa shape index (κ1) is 23.2. The minimum Gasteiger partial charge on any atom is -0.432 e. The SMILES string of the molecule is C[C@@H]1[C@@H]([Si](C)(C)O)[C@H](CC(=O)N2CCC[C@H]2CO)O[C@@]12C(=O)N(C)c1ccc(I)cc12. The lowest BCUT2D eigenvalue weighted by atomic mass is 9.82. The molecule has 1 spiro atoms. The molecule has 170 valence electrons. The number of carbonyl (C=O) groups excluding carboxylic acids is 2. The normalized spacial score (nSPS) is 32.9. The van der Waals surface area contributed by atoms with Gasteiger partial charge in [-0.25, -0.2) is 0 Å². The number of aliphatic hydroxyl groups excluding tert-OH is 1. The van der Waals surface area contributed by atoms with Crippen LogP contribution in [0.1, 0.15) is 31.7 Å². The lowest BCUT2D eigenvalue weighted by Crippen LogP contribution is -2.45. The maximum Gasteiger partial charge on any atom is 0.264 e. The van der Waals surface area contributed by atoms with Crippen LogP contribution in [0.25, 0.3) is 0 Å². The molecule has 4 rings (SSSR count). The van der Waals surface area contributed by atoms with E-state index in [0.29, 0.717) is 6.54 Å². The number of likely N-dealkylation sites (N-methyl/N-ethyl adjacent to an activating group) is 1. The van der Waals surface area contributed by atoms with Crippen LogP contribution in [0.3, 0.4) is 0 Å². The zero-order valence-corrected chi connectivity index (χ0v) is 21.6. The third-order valence-corrected chi connectivity index (χ3v) is 10.5. The Hall–Kier alpha value is -1.01. The molecule has 1 aromatic carbocycles. The zero-order valence-electron chi connectivity index (χ0n) is 18.5. The van der Waals surface area contributed by atoms with E-state index >= 15 is 0 Å². The zero-order chi connectivity index (χ0) is 22.7. The number of aliphatic hydroxyl groups is 1. The van der Waals surface area contributed by atoms with Crippen molar-refractivity contribution in [1.29, 1.82) is 0 Å². The lowest BCUT2D eigenvalue weighted by molar-refractivity contribution is -0.149. The highest BCUT2D eigenvalue weighted by molar-refractivity contribution is 14.1. The lowest BCUT2D eigenvalue weighted by Gasteiger charge is -2.32. The quantitative estimate of drug-likeness (QED) is 0.438. The number of hydrogen-bond donors (Lipinski definition) is 2. The van der Waals surface area contributed by atoms with Gasteiger partial charge in [-0.2, -0.15) is 0 Å². The molecule has 0 saturated carbocycles. The van der Waals surface area contributed by atoms with Crippen LogP contribution in [0.5, 0.6) is 0 Å². The van der Waals surface area contributed by atoms with Crippen molar-refractivity contribution in [3.05, 3.63) is 27.3 Å². The van der Waals surface area contributed by atoms with E-state index in [9.17, 15) is 19.5 Å². The van der Waals surface area contributed by atoms with Gasteiger partial charge in [0.25, 0.3) is 5.91 Å². The van der Waals surface area contributed by atoms with Gasteiger partial charge in [0, 0.05) is 34.2 Å². The fraction of sp³-hybridized carbons (Fsp3) is 0.636. The van der Waals surface area contributed by atoms with Crippen molar-refractivity contribution in [1.82, 2.24) is 4.90 Å². The Morgan fingerprint density at radius 3 is 2.74 bits per heavy atom. The maximum atomic E-state index is 13.6. The summed E-state index contributed by atoms with van der Waals surface area (Å²) in [6.45, 7) is 6.28. The first-order valence-corrected chi connectivity index (χ1v) is 15.0. The number of amides is 2. The van der Waals surface area contributed by atoms with E-state index in [2.05, 4.69) is 22.6 Å². The van der Waals surface area contributed by atoms with Crippen LogP contribution in [0.4, 0.5) is 5.69 Å². The molecule has 0 unspecified atom stereocenters. The predicted molar refractivity (Wildman–Crippen MR) is 128 cm³/mol. The number of halogens is 1. The van der Waals surface area contributed by atoms with Crippen LogP contribution in [0.2, 0.25) is 18.6 Å². The minimum atomic E-state index is -2.78. The molecule has 2 fully saturated rings. The standard InChI is InChI=1S/C22H31IN2O5Si/c1-13-20(31(3,4)29)18(11-19(27)25-9-5-6-15(25)12-26)30-22(13)16-10-14(23)7-8-17(16)24(2)21(22)28/h7-8,10,13,15,18,20,26,29H,5-6,9,11-12H2,1-4H3/t13-,15+,18+,20-,22+/m1/s1. The van der Waals surface area contributed by atoms with E-state index in [1.165, 1.54) is 0 Å². The van der Waals surface area contributed by atoms with Gasteiger partial charge >= 0.3 is 0 Å². The number of carbonyl (C=O) groups is 2. The van der Waals surface area contributed by atoms with Crippen LogP contribution in [-0.2, 0) is 19.9 Å². The van der Waals surface area contributed by atoms with Crippen molar-refractivity contribution >= 4 is 48.4 Å². The Labute approximate surface area is 198 Å². The van der Waals surface area contributed by atoms with Crippen LogP contribution in [0, 0.1) is 9.49 Å². The first-order chi connectivity index (χ1) is 14.5. The molecular weight excluding hydrogens is 527 g/mol. The van der Waals surface area contributed by atoms with E-state index in [1.54, 1.807) is 16.8 Å². The molecule has 0 aliphatic carbocycles. The van der Waals surface area contributed by atoms with Gasteiger partial charge in [-0.3, -0.25) is 9.59 Å². The summed E-state index contributed by atoms with van der Waals surface area (Å²) in [5.41, 5.74) is 0.190. The summed E-state index contributed by atoms with van der Waals surface area (Å²) in [6.07, 6.45) is 1.24. The molecule has 3 aliphatic rings. The molecule has 7 nitrogen and oxygen atoms in total. The van der Waals surface area contributed by atoms with E-state index in [1.807, 2.05) is 38.2 Å². The summed E-state index contributed by atoms with van der Waals surface area (Å²) in [5, 5.41) is 9.63. The van der Waals surface area contributed by atoms with E-state index in [-0.39, 0.29) is 42.3 Å². The van der Waals surface area contributed by atoms with Crippen molar-refractivity contribution in [2.24, 2.45) is 5.92 Å². The number of ether oxygens (including phenoxy) is 1. The average molecular weight is 558 g/mol. The second-order valence-corrected chi connectivity index (χ2v) is 14.9. The second kappa shape index (κ2) is 8.09. The molecule has 2 amide bonds. The fourth-order valence-corrected chi connectivity index (χ4v) is 9.04. The average Bonchev–Trinajstić information content (AvgIpc) is 3.33. The number of hydrogen-bond acceptors (Lipinski definition) is 5. The summed E-state index contributed by atoms with van der Waals surface area (Å²) in [7, 11) is -1.03. The van der Waals surface area contributed by atoms with Gasteiger partial charge in [-0.1, -0.05) is 6.92 Å². The van der Waals surface area contributed by atoms with E-state index in [4.69, 9.17) is 4.74 Å². The molecule has 31 heavy (non-hydrogen) atoms. The Kier molecular flexibility index (Phi) is 6.04. The van der Waals surface area contributed by atoms with E-state index < -0.39 is 20.0 Å². The highest BCUT2D eigenvalue weighted by atomic mass is 127. The second-order valence-electron chi connectivity index (χ2n) is 9.66.